The highest BCUT2D eigenvalue weighted by atomic mass is 19.4. The number of carbonyl (C=O) groups is 1. The van der Waals surface area contributed by atoms with Crippen LogP contribution < -0.4 is 15.8 Å². The normalized spacial score (nSPS) is 13.3. The minimum Gasteiger partial charge on any atom is -0.406 e. The van der Waals surface area contributed by atoms with Gasteiger partial charge in [-0.3, -0.25) is 4.79 Å². The largest absolute Gasteiger partial charge is 0.573 e. The summed E-state index contributed by atoms with van der Waals surface area (Å²) in [7, 11) is 0. The lowest BCUT2D eigenvalue weighted by atomic mass is 10.1. The molecule has 0 bridgehead atoms. The van der Waals surface area contributed by atoms with Crippen molar-refractivity contribution in [3.63, 3.8) is 0 Å². The number of hydrogen-bond donors (Lipinski definition) is 2. The molecule has 1 aromatic rings. The molecule has 0 saturated heterocycles. The molecule has 1 rings (SSSR count). The van der Waals surface area contributed by atoms with Crippen molar-refractivity contribution in [2.75, 3.05) is 6.54 Å². The molecule has 1 aromatic carbocycles. The van der Waals surface area contributed by atoms with E-state index >= 15 is 0 Å². The molecule has 0 aliphatic carbocycles. The van der Waals surface area contributed by atoms with E-state index in [0.29, 0.717) is 18.5 Å². The van der Waals surface area contributed by atoms with E-state index < -0.39 is 18.3 Å². The van der Waals surface area contributed by atoms with Crippen LogP contribution in [-0.4, -0.2) is 18.8 Å². The lowest BCUT2D eigenvalue weighted by molar-refractivity contribution is -0.274. The predicted molar refractivity (Wildman–Crippen MR) is 81.6 cm³/mol. The van der Waals surface area contributed by atoms with E-state index in [0.717, 1.165) is 17.7 Å². The number of halogens is 3. The average molecular weight is 328 g/mol. The summed E-state index contributed by atoms with van der Waals surface area (Å²) in [6, 6.07) is 3.93. The number of allylic oxidation sites excluding steroid dienone is 2. The highest BCUT2D eigenvalue weighted by Crippen LogP contribution is 2.24. The van der Waals surface area contributed by atoms with Gasteiger partial charge in [0.05, 0.1) is 0 Å². The van der Waals surface area contributed by atoms with E-state index in [1.165, 1.54) is 12.1 Å². The molecule has 23 heavy (non-hydrogen) atoms. The number of carbonyl (C=O) groups excluding carboxylic acids is 1. The van der Waals surface area contributed by atoms with Gasteiger partial charge in [-0.15, -0.1) is 13.2 Å². The third kappa shape index (κ3) is 7.01. The smallest absolute Gasteiger partial charge is 0.406 e. The summed E-state index contributed by atoms with van der Waals surface area (Å²) < 4.78 is 40.0. The molecule has 0 saturated carbocycles. The molecule has 1 unspecified atom stereocenters. The van der Waals surface area contributed by atoms with Crippen molar-refractivity contribution in [1.29, 1.82) is 0 Å². The molecule has 1 amide bonds. The molecule has 126 valence electrons. The van der Waals surface area contributed by atoms with Gasteiger partial charge in [-0.2, -0.15) is 0 Å². The molecule has 0 aliphatic rings. The number of benzene rings is 1. The Kier molecular flexibility index (Phi) is 6.84. The lowest BCUT2D eigenvalue weighted by Crippen LogP contribution is -2.34. The van der Waals surface area contributed by atoms with Crippen molar-refractivity contribution in [1.82, 2.24) is 5.32 Å². The van der Waals surface area contributed by atoms with Gasteiger partial charge in [-0.05, 0) is 31.0 Å². The monoisotopic (exact) mass is 328 g/mol. The van der Waals surface area contributed by atoms with Crippen LogP contribution in [0.1, 0.15) is 24.9 Å². The number of alkyl halides is 3. The summed E-state index contributed by atoms with van der Waals surface area (Å²) in [5.41, 5.74) is 7.24. The van der Waals surface area contributed by atoms with Crippen LogP contribution in [0.25, 0.3) is 0 Å². The maximum Gasteiger partial charge on any atom is 0.573 e. The third-order valence-corrected chi connectivity index (χ3v) is 2.98. The summed E-state index contributed by atoms with van der Waals surface area (Å²) in [6.45, 7) is 5.90. The zero-order valence-electron chi connectivity index (χ0n) is 12.7. The maximum atomic E-state index is 12.1. The number of ether oxygens (including phenoxy) is 1. The Morgan fingerprint density at radius 2 is 2.00 bits per heavy atom. The second-order valence-electron chi connectivity index (χ2n) is 4.88. The quantitative estimate of drug-likeness (QED) is 0.755. The van der Waals surface area contributed by atoms with Crippen LogP contribution >= 0.6 is 0 Å². The lowest BCUT2D eigenvalue weighted by Gasteiger charge is -2.14. The van der Waals surface area contributed by atoms with Crippen LogP contribution in [0.2, 0.25) is 0 Å². The van der Waals surface area contributed by atoms with E-state index in [1.807, 2.05) is 13.0 Å². The maximum absolute atomic E-state index is 12.1. The van der Waals surface area contributed by atoms with Gasteiger partial charge >= 0.3 is 6.36 Å². The fourth-order valence-corrected chi connectivity index (χ4v) is 1.81. The van der Waals surface area contributed by atoms with Crippen LogP contribution in [0.4, 0.5) is 13.2 Å². The van der Waals surface area contributed by atoms with Crippen molar-refractivity contribution in [2.24, 2.45) is 5.73 Å². The predicted octanol–water partition coefficient (Wildman–Crippen LogP) is 3.22. The first kappa shape index (κ1) is 18.8. The minimum absolute atomic E-state index is 0.362. The summed E-state index contributed by atoms with van der Waals surface area (Å²) in [5, 5.41) is 2.67. The molecule has 0 heterocycles. The molecule has 0 fully saturated rings. The van der Waals surface area contributed by atoms with E-state index in [2.05, 4.69) is 16.6 Å². The fraction of sp³-hybridized carbons (Fsp3) is 0.312. The van der Waals surface area contributed by atoms with Crippen molar-refractivity contribution >= 4 is 5.91 Å². The SMILES string of the molecule is C=CC=C(C)CCNC(=O)C(N)c1ccc(OC(F)(F)F)cc1. The molecule has 0 aliphatic heterocycles. The Morgan fingerprint density at radius 3 is 2.52 bits per heavy atom. The van der Waals surface area contributed by atoms with Crippen LogP contribution in [-0.2, 0) is 4.79 Å². The standard InChI is InChI=1S/C16H19F3N2O2/c1-3-4-11(2)9-10-21-15(22)14(20)12-5-7-13(8-6-12)23-16(17,18)19/h3-8,14H,1,9-10,20H2,2H3,(H,21,22). The summed E-state index contributed by atoms with van der Waals surface area (Å²) >= 11 is 0. The van der Waals surface area contributed by atoms with Crippen molar-refractivity contribution < 1.29 is 22.7 Å². The first-order chi connectivity index (χ1) is 10.7. The van der Waals surface area contributed by atoms with Crippen molar-refractivity contribution in [3.05, 3.63) is 54.1 Å². The topological polar surface area (TPSA) is 64.4 Å². The first-order valence-corrected chi connectivity index (χ1v) is 6.90. The second kappa shape index (κ2) is 8.38. The molecule has 4 nitrogen and oxygen atoms in total. The van der Waals surface area contributed by atoms with Crippen molar-refractivity contribution in [2.45, 2.75) is 25.7 Å². The molecular formula is C16H19F3N2O2. The number of amides is 1. The van der Waals surface area contributed by atoms with E-state index in [-0.39, 0.29) is 5.75 Å². The van der Waals surface area contributed by atoms with E-state index in [4.69, 9.17) is 5.73 Å². The van der Waals surface area contributed by atoms with Crippen LogP contribution in [0.3, 0.4) is 0 Å². The highest BCUT2D eigenvalue weighted by molar-refractivity contribution is 5.82. The zero-order chi connectivity index (χ0) is 17.5. The van der Waals surface area contributed by atoms with Gasteiger partial charge in [0.1, 0.15) is 11.8 Å². The Balaban J connectivity index is 2.56. The van der Waals surface area contributed by atoms with Crippen LogP contribution in [0.5, 0.6) is 5.75 Å². The molecule has 0 aromatic heterocycles. The summed E-state index contributed by atoms with van der Waals surface area (Å²) in [5.74, 6) is -0.764. The molecule has 3 N–H and O–H groups in total. The first-order valence-electron chi connectivity index (χ1n) is 6.90. The average Bonchev–Trinajstić information content (AvgIpc) is 2.46. The molecule has 0 spiro atoms. The molecular weight excluding hydrogens is 309 g/mol. The zero-order valence-corrected chi connectivity index (χ0v) is 12.7. The second-order valence-corrected chi connectivity index (χ2v) is 4.88. The number of nitrogens with two attached hydrogens (primary N) is 1. The van der Waals surface area contributed by atoms with E-state index in [1.54, 1.807) is 6.08 Å². The third-order valence-electron chi connectivity index (χ3n) is 2.98. The van der Waals surface area contributed by atoms with Gasteiger partial charge in [-0.1, -0.05) is 36.4 Å². The van der Waals surface area contributed by atoms with Crippen LogP contribution in [0.15, 0.2) is 48.6 Å². The summed E-state index contributed by atoms with van der Waals surface area (Å²) in [4.78, 5) is 11.9. The molecule has 0 radical (unpaired) electrons. The molecule has 1 atom stereocenters. The van der Waals surface area contributed by atoms with Gasteiger partial charge in [0.2, 0.25) is 5.91 Å². The van der Waals surface area contributed by atoms with Crippen LogP contribution in [0, 0.1) is 0 Å². The number of nitrogens with one attached hydrogen (secondary N) is 1. The number of hydrogen-bond acceptors (Lipinski definition) is 3. The summed E-state index contributed by atoms with van der Waals surface area (Å²) in [6.07, 6.45) is -0.598. The van der Waals surface area contributed by atoms with Gasteiger partial charge in [0.25, 0.3) is 0 Å². The highest BCUT2D eigenvalue weighted by Gasteiger charge is 2.31. The van der Waals surface area contributed by atoms with Crippen molar-refractivity contribution in [3.8, 4) is 5.75 Å². The Bertz CT molecular complexity index is 566. The Labute approximate surface area is 132 Å². The Morgan fingerprint density at radius 1 is 1.39 bits per heavy atom. The Hall–Kier alpha value is -2.28. The molecule has 7 heteroatoms. The van der Waals surface area contributed by atoms with E-state index in [9.17, 15) is 18.0 Å². The van der Waals surface area contributed by atoms with Gasteiger partial charge in [0, 0.05) is 6.54 Å². The minimum atomic E-state index is -4.75. The van der Waals surface area contributed by atoms with Gasteiger partial charge in [-0.25, -0.2) is 0 Å². The number of rotatable bonds is 7. The fourth-order valence-electron chi connectivity index (χ4n) is 1.81. The van der Waals surface area contributed by atoms with Gasteiger partial charge in [0.15, 0.2) is 0 Å². The van der Waals surface area contributed by atoms with Gasteiger partial charge < -0.3 is 15.8 Å².